The van der Waals surface area contributed by atoms with Gasteiger partial charge in [-0.2, -0.15) is 0 Å². The third-order valence-corrected chi connectivity index (χ3v) is 24.2. The van der Waals surface area contributed by atoms with Crippen LogP contribution >= 0.6 is 0 Å². The average Bonchev–Trinajstić information content (AvgIpc) is 1.51. The Morgan fingerprint density at radius 2 is 0.467 bits per heavy atom. The van der Waals surface area contributed by atoms with Gasteiger partial charge in [-0.3, -0.25) is 0 Å². The second-order valence-corrected chi connectivity index (χ2v) is 31.0. The molecule has 0 N–H and O–H groups in total. The van der Waals surface area contributed by atoms with Crippen LogP contribution in [0.4, 0.5) is 0 Å². The van der Waals surface area contributed by atoms with Crippen molar-refractivity contribution in [3.8, 4) is 124 Å². The summed E-state index contributed by atoms with van der Waals surface area (Å²) in [5.74, 6) is 3.22. The molecule has 6 heterocycles. The zero-order valence-corrected chi connectivity index (χ0v) is 64.1. The van der Waals surface area contributed by atoms with Crippen LogP contribution in [-0.4, -0.2) is 29.9 Å². The number of benzene rings is 19. The number of aromatic nitrogens is 6. The van der Waals surface area contributed by atoms with Crippen molar-refractivity contribution in [1.29, 1.82) is 0 Å². The highest BCUT2D eigenvalue weighted by Crippen LogP contribution is 2.50. The molecular formula is C110H62N6O4. The maximum Gasteiger partial charge on any atom is 0.167 e. The van der Waals surface area contributed by atoms with Crippen LogP contribution in [0.2, 0.25) is 0 Å². The summed E-state index contributed by atoms with van der Waals surface area (Å²) in [7, 11) is 0. The standard InChI is InChI=1S/C110H62N6O4/c1-2-23-66(24-3-1)75-34-16-37-91-99-84(35-20-44-97(99)119-101(75)91)81-54-57-87(79-29-10-8-27-77(79)81)108-112-106(72-52-48-64-22-5-7-26-68(64)60-72)114-110(116-108)93-40-18-38-90-98-74(33-19-43-96(98)120-103(90)93)69-49-45-65-46-50-70(62-73(65)61-69)76-53-56-85(100-89-32-13-15-42-95(89)118-104(76)100)82-55-58-88(80-30-11-9-28-78(80)82)107-111-105(71-51-47-63-21-4-6-25-67(63)59-71)113-109(115-107)92-39-17-36-86-83-31-12-14-41-94(83)117-102(86)92/h1-62H. The first-order valence-corrected chi connectivity index (χ1v) is 40.3. The van der Waals surface area contributed by atoms with Gasteiger partial charge in [0, 0.05) is 76.5 Å². The van der Waals surface area contributed by atoms with Gasteiger partial charge in [-0.05, 0) is 177 Å². The molecule has 120 heavy (non-hydrogen) atoms. The van der Waals surface area contributed by atoms with Gasteiger partial charge < -0.3 is 17.7 Å². The molecule has 10 nitrogen and oxygen atoms in total. The SMILES string of the molecule is c1ccc(-c2cccc3c2oc2cccc(-c4ccc(-c5nc(-c6ccc7ccccc7c6)nc(-c6cccc7c6oc6cccc(-c8ccc9ccc(-c%10ccc(-c%11ccc(-c%12nc(-c%13ccc%14ccccc%14c%13)nc(-c%13cccc%14c%13oc%13ccccc%13%14)n%12)c%12ccccc%11%12)c%11c%10oc%10ccccc%10%11)cc9c8)c67)n5)c5ccccc45)c23)cc1. The summed E-state index contributed by atoms with van der Waals surface area (Å²) in [6.45, 7) is 0. The molecule has 25 rings (SSSR count). The number of furan rings is 4. The lowest BCUT2D eigenvalue weighted by molar-refractivity contribution is 0.669. The maximum absolute atomic E-state index is 7.14. The van der Waals surface area contributed by atoms with Crippen molar-refractivity contribution in [2.45, 2.75) is 0 Å². The van der Waals surface area contributed by atoms with E-state index >= 15 is 0 Å². The summed E-state index contributed by atoms with van der Waals surface area (Å²) >= 11 is 0. The van der Waals surface area contributed by atoms with E-state index in [0.717, 1.165) is 225 Å². The normalized spacial score (nSPS) is 12.0. The highest BCUT2D eigenvalue weighted by molar-refractivity contribution is 6.22. The Hall–Kier alpha value is -16.3. The van der Waals surface area contributed by atoms with Crippen LogP contribution in [0.5, 0.6) is 0 Å². The minimum Gasteiger partial charge on any atom is -0.455 e. The Labute approximate surface area is 684 Å². The number of hydrogen-bond acceptors (Lipinski definition) is 10. The fraction of sp³-hybridized carbons (Fsp3) is 0. The summed E-state index contributed by atoms with van der Waals surface area (Å²) < 4.78 is 27.7. The molecular weight excluding hydrogens is 1470 g/mol. The van der Waals surface area contributed by atoms with Crippen molar-refractivity contribution < 1.29 is 17.7 Å². The van der Waals surface area contributed by atoms with Gasteiger partial charge in [-0.15, -0.1) is 0 Å². The van der Waals surface area contributed by atoms with Gasteiger partial charge in [0.15, 0.2) is 34.9 Å². The minimum atomic E-state index is 0.495. The molecule has 0 saturated heterocycles. The first kappa shape index (κ1) is 67.1. The predicted octanol–water partition coefficient (Wildman–Crippen LogP) is 29.8. The molecule has 0 saturated carbocycles. The van der Waals surface area contributed by atoms with E-state index in [0.29, 0.717) is 40.5 Å². The number of para-hydroxylation sites is 5. The Kier molecular flexibility index (Phi) is 14.9. The van der Waals surface area contributed by atoms with Crippen LogP contribution in [-0.2, 0) is 0 Å². The highest BCUT2D eigenvalue weighted by atomic mass is 16.3. The summed E-state index contributed by atoms with van der Waals surface area (Å²) in [6, 6.07) is 132. The molecule has 6 aromatic heterocycles. The summed E-state index contributed by atoms with van der Waals surface area (Å²) in [5, 5.41) is 18.9. The third kappa shape index (κ3) is 10.7. The molecule has 25 aromatic rings. The number of fused-ring (bicyclic) bond motifs is 17. The molecule has 0 atom stereocenters. The lowest BCUT2D eigenvalue weighted by Gasteiger charge is -2.15. The molecule has 0 fully saturated rings. The van der Waals surface area contributed by atoms with Crippen molar-refractivity contribution >= 4 is 142 Å². The summed E-state index contributed by atoms with van der Waals surface area (Å²) in [6.07, 6.45) is 0. The molecule has 556 valence electrons. The Balaban J connectivity index is 0.594. The molecule has 10 heteroatoms. The number of nitrogens with zero attached hydrogens (tertiary/aromatic N) is 6. The summed E-state index contributed by atoms with van der Waals surface area (Å²) in [5.41, 5.74) is 21.8. The molecule has 0 unspecified atom stereocenters. The zero-order valence-electron chi connectivity index (χ0n) is 64.1. The quantitative estimate of drug-likeness (QED) is 0.123. The van der Waals surface area contributed by atoms with Crippen LogP contribution in [0.15, 0.2) is 394 Å². The van der Waals surface area contributed by atoms with E-state index in [-0.39, 0.29) is 0 Å². The topological polar surface area (TPSA) is 130 Å². The van der Waals surface area contributed by atoms with Gasteiger partial charge in [0.25, 0.3) is 0 Å². The smallest absolute Gasteiger partial charge is 0.167 e. The highest BCUT2D eigenvalue weighted by Gasteiger charge is 2.27. The molecule has 19 aromatic carbocycles. The van der Waals surface area contributed by atoms with E-state index in [1.807, 2.05) is 36.4 Å². The second-order valence-electron chi connectivity index (χ2n) is 31.0. The van der Waals surface area contributed by atoms with Gasteiger partial charge in [0.05, 0.1) is 11.1 Å². The fourth-order valence-corrected chi connectivity index (χ4v) is 18.6. The van der Waals surface area contributed by atoms with E-state index in [1.54, 1.807) is 0 Å². The van der Waals surface area contributed by atoms with Crippen LogP contribution < -0.4 is 0 Å². The van der Waals surface area contributed by atoms with E-state index < -0.39 is 0 Å². The summed E-state index contributed by atoms with van der Waals surface area (Å²) in [4.78, 5) is 32.4. The molecule has 0 aliphatic rings. The van der Waals surface area contributed by atoms with Crippen molar-refractivity contribution in [1.82, 2.24) is 29.9 Å². The third-order valence-electron chi connectivity index (χ3n) is 24.2. The van der Waals surface area contributed by atoms with Crippen LogP contribution in [0.1, 0.15) is 0 Å². The average molecular weight is 1530 g/mol. The monoisotopic (exact) mass is 1530 g/mol. The van der Waals surface area contributed by atoms with Crippen LogP contribution in [0.25, 0.3) is 266 Å². The Bertz CT molecular complexity index is 8650. The number of hydrogen-bond donors (Lipinski definition) is 0. The molecule has 0 aliphatic carbocycles. The molecule has 0 spiro atoms. The zero-order chi connectivity index (χ0) is 78.6. The van der Waals surface area contributed by atoms with E-state index in [9.17, 15) is 0 Å². The van der Waals surface area contributed by atoms with Gasteiger partial charge in [-0.25, -0.2) is 29.9 Å². The second kappa shape index (κ2) is 26.6. The largest absolute Gasteiger partial charge is 0.455 e. The van der Waals surface area contributed by atoms with E-state index in [1.165, 1.54) is 0 Å². The fourth-order valence-electron chi connectivity index (χ4n) is 18.6. The molecule has 0 radical (unpaired) electrons. The Morgan fingerprint density at radius 3 is 1.05 bits per heavy atom. The first-order valence-electron chi connectivity index (χ1n) is 40.3. The molecule has 0 amide bonds. The van der Waals surface area contributed by atoms with E-state index in [2.05, 4.69) is 340 Å². The van der Waals surface area contributed by atoms with Gasteiger partial charge in [0.2, 0.25) is 0 Å². The Morgan fingerprint density at radius 1 is 0.142 bits per heavy atom. The lowest BCUT2D eigenvalue weighted by Crippen LogP contribution is -2.01. The maximum atomic E-state index is 7.14. The van der Waals surface area contributed by atoms with Crippen LogP contribution in [0.3, 0.4) is 0 Å². The minimum absolute atomic E-state index is 0.495. The van der Waals surface area contributed by atoms with Crippen molar-refractivity contribution in [2.75, 3.05) is 0 Å². The lowest BCUT2D eigenvalue weighted by atomic mass is 9.90. The van der Waals surface area contributed by atoms with Gasteiger partial charge in [0.1, 0.15) is 44.7 Å². The number of rotatable bonds is 11. The van der Waals surface area contributed by atoms with Crippen molar-refractivity contribution in [3.63, 3.8) is 0 Å². The predicted molar refractivity (Wildman–Crippen MR) is 490 cm³/mol. The molecule has 0 bridgehead atoms. The van der Waals surface area contributed by atoms with Gasteiger partial charge in [-0.1, -0.05) is 297 Å². The van der Waals surface area contributed by atoms with E-state index in [4.69, 9.17) is 47.6 Å². The first-order chi connectivity index (χ1) is 59.4. The van der Waals surface area contributed by atoms with Gasteiger partial charge >= 0.3 is 0 Å². The molecule has 0 aliphatic heterocycles. The van der Waals surface area contributed by atoms with Crippen molar-refractivity contribution in [3.05, 3.63) is 376 Å². The van der Waals surface area contributed by atoms with Crippen molar-refractivity contribution in [2.24, 2.45) is 0 Å². The van der Waals surface area contributed by atoms with Crippen LogP contribution in [0, 0.1) is 0 Å².